The number of hydrogen-bond donors (Lipinski definition) is 0. The zero-order chi connectivity index (χ0) is 16.2. The predicted octanol–water partition coefficient (Wildman–Crippen LogP) is 2.29. The first kappa shape index (κ1) is 15.3. The Labute approximate surface area is 133 Å². The number of carbonyl (C=O) groups is 2. The lowest BCUT2D eigenvalue weighted by molar-refractivity contribution is -0.130. The standard InChI is InChI=1S/C17H17FN2O3/c18-14-5-2-1-4-13(14)12-20-10-9-19(8-7-16(20)21)17(22)15-6-3-11-23-15/h1-6,11H,7-10,12H2. The van der Waals surface area contributed by atoms with Crippen LogP contribution in [0.1, 0.15) is 22.5 Å². The normalized spacial score (nSPS) is 15.6. The molecule has 1 saturated heterocycles. The number of rotatable bonds is 3. The van der Waals surface area contributed by atoms with Crippen LogP contribution in [0.25, 0.3) is 0 Å². The molecule has 1 aliphatic rings. The smallest absolute Gasteiger partial charge is 0.289 e. The lowest BCUT2D eigenvalue weighted by atomic mass is 10.2. The molecule has 23 heavy (non-hydrogen) atoms. The van der Waals surface area contributed by atoms with E-state index in [1.54, 1.807) is 40.1 Å². The largest absolute Gasteiger partial charge is 0.459 e. The number of furan rings is 1. The highest BCUT2D eigenvalue weighted by molar-refractivity contribution is 5.92. The number of hydrogen-bond acceptors (Lipinski definition) is 3. The average Bonchev–Trinajstić information content (AvgIpc) is 3.03. The lowest BCUT2D eigenvalue weighted by Gasteiger charge is -2.22. The Hall–Kier alpha value is -2.63. The molecule has 0 aliphatic carbocycles. The minimum Gasteiger partial charge on any atom is -0.459 e. The SMILES string of the molecule is O=C1CCN(C(=O)c2ccco2)CCN1Cc1ccccc1F. The summed E-state index contributed by atoms with van der Waals surface area (Å²) in [6.07, 6.45) is 1.67. The summed E-state index contributed by atoms with van der Waals surface area (Å²) in [6.45, 7) is 1.33. The molecule has 0 N–H and O–H groups in total. The van der Waals surface area contributed by atoms with Crippen LogP contribution in [0.3, 0.4) is 0 Å². The first-order chi connectivity index (χ1) is 11.1. The van der Waals surface area contributed by atoms with Gasteiger partial charge >= 0.3 is 0 Å². The maximum atomic E-state index is 13.7. The third-order valence-electron chi connectivity index (χ3n) is 3.93. The summed E-state index contributed by atoms with van der Waals surface area (Å²) in [5, 5.41) is 0. The third kappa shape index (κ3) is 3.41. The van der Waals surface area contributed by atoms with Gasteiger partial charge in [-0.05, 0) is 18.2 Å². The summed E-state index contributed by atoms with van der Waals surface area (Å²) in [6, 6.07) is 9.66. The summed E-state index contributed by atoms with van der Waals surface area (Å²) >= 11 is 0. The first-order valence-electron chi connectivity index (χ1n) is 7.49. The monoisotopic (exact) mass is 316 g/mol. The topological polar surface area (TPSA) is 53.8 Å². The molecular weight excluding hydrogens is 299 g/mol. The Bertz CT molecular complexity index is 700. The van der Waals surface area contributed by atoms with Crippen molar-refractivity contribution >= 4 is 11.8 Å². The van der Waals surface area contributed by atoms with Crippen molar-refractivity contribution in [2.75, 3.05) is 19.6 Å². The van der Waals surface area contributed by atoms with E-state index in [2.05, 4.69) is 0 Å². The summed E-state index contributed by atoms with van der Waals surface area (Å²) in [5.41, 5.74) is 0.478. The molecule has 2 heterocycles. The van der Waals surface area contributed by atoms with Crippen LogP contribution in [-0.2, 0) is 11.3 Å². The van der Waals surface area contributed by atoms with Crippen LogP contribution in [0.4, 0.5) is 4.39 Å². The van der Waals surface area contributed by atoms with E-state index in [1.807, 2.05) is 0 Å². The van der Waals surface area contributed by atoms with Crippen molar-refractivity contribution < 1.29 is 18.4 Å². The van der Waals surface area contributed by atoms with E-state index in [0.29, 0.717) is 25.2 Å². The van der Waals surface area contributed by atoms with Crippen LogP contribution < -0.4 is 0 Å². The quantitative estimate of drug-likeness (QED) is 0.873. The van der Waals surface area contributed by atoms with Gasteiger partial charge in [0.1, 0.15) is 5.82 Å². The minimum absolute atomic E-state index is 0.0806. The highest BCUT2D eigenvalue weighted by Crippen LogP contribution is 2.15. The molecule has 0 atom stereocenters. The maximum Gasteiger partial charge on any atom is 0.289 e. The van der Waals surface area contributed by atoms with E-state index in [1.165, 1.54) is 12.3 Å². The molecule has 0 bridgehead atoms. The fraction of sp³-hybridized carbons (Fsp3) is 0.294. The Morgan fingerprint density at radius 3 is 2.70 bits per heavy atom. The van der Waals surface area contributed by atoms with Gasteiger partial charge in [-0.25, -0.2) is 4.39 Å². The zero-order valence-corrected chi connectivity index (χ0v) is 12.6. The van der Waals surface area contributed by atoms with E-state index in [4.69, 9.17) is 4.42 Å². The Balaban J connectivity index is 1.68. The molecule has 0 unspecified atom stereocenters. The van der Waals surface area contributed by atoms with Gasteiger partial charge in [0.05, 0.1) is 6.26 Å². The van der Waals surface area contributed by atoms with E-state index >= 15 is 0 Å². The van der Waals surface area contributed by atoms with Gasteiger partial charge in [0, 0.05) is 38.2 Å². The molecule has 6 heteroatoms. The van der Waals surface area contributed by atoms with Crippen molar-refractivity contribution in [3.05, 3.63) is 59.8 Å². The second-order valence-corrected chi connectivity index (χ2v) is 5.43. The second-order valence-electron chi connectivity index (χ2n) is 5.43. The lowest BCUT2D eigenvalue weighted by Crippen LogP contribution is -2.35. The van der Waals surface area contributed by atoms with E-state index < -0.39 is 0 Å². The van der Waals surface area contributed by atoms with E-state index in [0.717, 1.165) is 0 Å². The molecule has 2 amide bonds. The van der Waals surface area contributed by atoms with Crippen LogP contribution in [0, 0.1) is 5.82 Å². The van der Waals surface area contributed by atoms with Crippen molar-refractivity contribution in [1.29, 1.82) is 0 Å². The molecule has 1 aromatic heterocycles. The van der Waals surface area contributed by atoms with Crippen LogP contribution >= 0.6 is 0 Å². The average molecular weight is 316 g/mol. The van der Waals surface area contributed by atoms with Crippen molar-refractivity contribution in [1.82, 2.24) is 9.80 Å². The van der Waals surface area contributed by atoms with E-state index in [9.17, 15) is 14.0 Å². The van der Waals surface area contributed by atoms with Crippen molar-refractivity contribution in [2.24, 2.45) is 0 Å². The van der Waals surface area contributed by atoms with Gasteiger partial charge in [-0.1, -0.05) is 18.2 Å². The zero-order valence-electron chi connectivity index (χ0n) is 12.6. The fourth-order valence-electron chi connectivity index (χ4n) is 2.63. The van der Waals surface area contributed by atoms with Crippen LogP contribution in [-0.4, -0.2) is 41.2 Å². The summed E-state index contributed by atoms with van der Waals surface area (Å²) in [7, 11) is 0. The number of benzene rings is 1. The molecular formula is C17H17FN2O3. The molecule has 0 saturated carbocycles. The Morgan fingerprint density at radius 1 is 1.13 bits per heavy atom. The Morgan fingerprint density at radius 2 is 1.96 bits per heavy atom. The van der Waals surface area contributed by atoms with Crippen LogP contribution in [0.15, 0.2) is 47.1 Å². The number of nitrogens with zero attached hydrogens (tertiary/aromatic N) is 2. The van der Waals surface area contributed by atoms with Gasteiger partial charge in [-0.2, -0.15) is 0 Å². The van der Waals surface area contributed by atoms with Crippen LogP contribution in [0.5, 0.6) is 0 Å². The van der Waals surface area contributed by atoms with Gasteiger partial charge in [-0.3, -0.25) is 9.59 Å². The molecule has 5 nitrogen and oxygen atoms in total. The summed E-state index contributed by atoms with van der Waals surface area (Å²) in [4.78, 5) is 27.7. The highest BCUT2D eigenvalue weighted by atomic mass is 19.1. The Kier molecular flexibility index (Phi) is 4.41. The van der Waals surface area contributed by atoms with Crippen molar-refractivity contribution in [3.63, 3.8) is 0 Å². The third-order valence-corrected chi connectivity index (χ3v) is 3.93. The van der Waals surface area contributed by atoms with Gasteiger partial charge in [0.2, 0.25) is 5.91 Å². The number of amides is 2. The first-order valence-corrected chi connectivity index (χ1v) is 7.49. The molecule has 0 radical (unpaired) electrons. The highest BCUT2D eigenvalue weighted by Gasteiger charge is 2.26. The molecule has 1 fully saturated rings. The molecule has 2 aromatic rings. The van der Waals surface area contributed by atoms with Crippen molar-refractivity contribution in [2.45, 2.75) is 13.0 Å². The van der Waals surface area contributed by atoms with Gasteiger partial charge in [0.15, 0.2) is 5.76 Å². The summed E-state index contributed by atoms with van der Waals surface area (Å²) in [5.74, 6) is -0.369. The second kappa shape index (κ2) is 6.64. The van der Waals surface area contributed by atoms with Gasteiger partial charge in [0.25, 0.3) is 5.91 Å². The predicted molar refractivity (Wildman–Crippen MR) is 81.0 cm³/mol. The van der Waals surface area contributed by atoms with Gasteiger partial charge in [-0.15, -0.1) is 0 Å². The minimum atomic E-state index is -0.326. The van der Waals surface area contributed by atoms with Crippen LogP contribution in [0.2, 0.25) is 0 Å². The maximum absolute atomic E-state index is 13.7. The van der Waals surface area contributed by atoms with Crippen molar-refractivity contribution in [3.8, 4) is 0 Å². The number of carbonyl (C=O) groups excluding carboxylic acids is 2. The van der Waals surface area contributed by atoms with Gasteiger partial charge < -0.3 is 14.2 Å². The van der Waals surface area contributed by atoms with E-state index in [-0.39, 0.29) is 36.4 Å². The molecule has 1 aliphatic heterocycles. The summed E-state index contributed by atoms with van der Waals surface area (Å²) < 4.78 is 18.9. The number of halogens is 1. The molecule has 0 spiro atoms. The molecule has 3 rings (SSSR count). The molecule has 1 aromatic carbocycles. The molecule has 120 valence electrons. The fourth-order valence-corrected chi connectivity index (χ4v) is 2.63.